The van der Waals surface area contributed by atoms with Gasteiger partial charge in [-0.05, 0) is 36.2 Å². The van der Waals surface area contributed by atoms with Crippen LogP contribution in [0.1, 0.15) is 23.1 Å². The summed E-state index contributed by atoms with van der Waals surface area (Å²) in [5.41, 5.74) is 3.07. The number of nitrogens with zero attached hydrogens (tertiary/aromatic N) is 3. The lowest BCUT2D eigenvalue weighted by Gasteiger charge is -2.40. The third-order valence-electron chi connectivity index (χ3n) is 5.49. The summed E-state index contributed by atoms with van der Waals surface area (Å²) in [5.74, 6) is -0.236. The average Bonchev–Trinajstić information content (AvgIpc) is 2.79. The molecule has 0 N–H and O–H groups in total. The van der Waals surface area contributed by atoms with Gasteiger partial charge in [0.2, 0.25) is 0 Å². The smallest absolute Gasteiger partial charge is 0.128 e. The fourth-order valence-electron chi connectivity index (χ4n) is 3.86. The van der Waals surface area contributed by atoms with Crippen LogP contribution in [0.15, 0.2) is 72.8 Å². The van der Waals surface area contributed by atoms with Crippen molar-refractivity contribution in [2.24, 2.45) is 0 Å². The molecule has 31 heavy (non-hydrogen) atoms. The predicted octanol–water partition coefficient (Wildman–Crippen LogP) is 5.56. The van der Waals surface area contributed by atoms with Crippen molar-refractivity contribution in [1.82, 2.24) is 5.06 Å². The molecule has 3 aromatic rings. The number of hydroxylamine groups is 2. The molecule has 0 aliphatic carbocycles. The molecule has 1 aliphatic rings. The first-order valence-corrected chi connectivity index (χ1v) is 10.6. The van der Waals surface area contributed by atoms with Crippen LogP contribution in [0.2, 0.25) is 5.02 Å². The first kappa shape index (κ1) is 21.3. The lowest BCUT2D eigenvalue weighted by Crippen LogP contribution is -2.48. The predicted molar refractivity (Wildman–Crippen MR) is 120 cm³/mol. The van der Waals surface area contributed by atoms with Crippen LogP contribution < -0.4 is 4.90 Å². The standard InChI is InChI=1S/C25H23ClFN3O/c26-24-14-22(11-10-20(24)15-28)30(17-21-8-4-5-9-25(21)27)23-12-13-31-29(18-23)16-19-6-2-1-3-7-19/h1-11,14,23H,12-13,16-18H2/t23-/m0/s1. The second kappa shape index (κ2) is 9.93. The summed E-state index contributed by atoms with van der Waals surface area (Å²) in [6.45, 7) is 2.33. The van der Waals surface area contributed by atoms with Gasteiger partial charge in [-0.3, -0.25) is 4.84 Å². The Labute approximate surface area is 187 Å². The molecule has 158 valence electrons. The fraction of sp³-hybridized carbons (Fsp3) is 0.240. The molecule has 1 heterocycles. The lowest BCUT2D eigenvalue weighted by molar-refractivity contribution is -0.192. The molecule has 4 rings (SSSR count). The molecule has 0 amide bonds. The number of benzene rings is 3. The van der Waals surface area contributed by atoms with E-state index in [1.165, 1.54) is 11.6 Å². The van der Waals surface area contributed by atoms with Crippen LogP contribution in [0, 0.1) is 17.1 Å². The van der Waals surface area contributed by atoms with Crippen molar-refractivity contribution in [2.45, 2.75) is 25.6 Å². The van der Waals surface area contributed by atoms with Crippen LogP contribution in [0.25, 0.3) is 0 Å². The van der Waals surface area contributed by atoms with E-state index in [1.807, 2.05) is 35.4 Å². The average molecular weight is 436 g/mol. The SMILES string of the molecule is N#Cc1ccc(N(Cc2ccccc2F)[C@H]2CCON(Cc3ccccc3)C2)cc1Cl. The van der Waals surface area contributed by atoms with Gasteiger partial charge >= 0.3 is 0 Å². The molecule has 0 saturated carbocycles. The Kier molecular flexibility index (Phi) is 6.83. The van der Waals surface area contributed by atoms with Crippen molar-refractivity contribution >= 4 is 17.3 Å². The van der Waals surface area contributed by atoms with E-state index in [0.717, 1.165) is 12.1 Å². The molecule has 6 heteroatoms. The van der Waals surface area contributed by atoms with Crippen LogP contribution in [0.3, 0.4) is 0 Å². The van der Waals surface area contributed by atoms with E-state index in [-0.39, 0.29) is 11.9 Å². The van der Waals surface area contributed by atoms with Crippen LogP contribution in [0.5, 0.6) is 0 Å². The summed E-state index contributed by atoms with van der Waals surface area (Å²) >= 11 is 6.32. The minimum atomic E-state index is -0.236. The topological polar surface area (TPSA) is 39.5 Å². The maximum Gasteiger partial charge on any atom is 0.128 e. The fourth-order valence-corrected chi connectivity index (χ4v) is 4.08. The van der Waals surface area contributed by atoms with Crippen LogP contribution in [0.4, 0.5) is 10.1 Å². The number of nitriles is 1. The molecule has 0 aromatic heterocycles. The van der Waals surface area contributed by atoms with Gasteiger partial charge in [-0.1, -0.05) is 60.1 Å². The Morgan fingerprint density at radius 3 is 2.61 bits per heavy atom. The Hall–Kier alpha value is -2.91. The minimum Gasteiger partial charge on any atom is -0.363 e. The summed E-state index contributed by atoms with van der Waals surface area (Å²) in [6.07, 6.45) is 0.803. The molecule has 0 unspecified atom stereocenters. The maximum absolute atomic E-state index is 14.5. The minimum absolute atomic E-state index is 0.0982. The highest BCUT2D eigenvalue weighted by atomic mass is 35.5. The number of anilines is 1. The van der Waals surface area contributed by atoms with Gasteiger partial charge in [-0.2, -0.15) is 10.3 Å². The molecular formula is C25H23ClFN3O. The van der Waals surface area contributed by atoms with Crippen molar-refractivity contribution in [1.29, 1.82) is 5.26 Å². The first-order valence-electron chi connectivity index (χ1n) is 10.3. The van der Waals surface area contributed by atoms with E-state index in [4.69, 9.17) is 16.4 Å². The molecule has 1 saturated heterocycles. The van der Waals surface area contributed by atoms with Gasteiger partial charge in [-0.15, -0.1) is 0 Å². The van der Waals surface area contributed by atoms with Gasteiger partial charge in [0.25, 0.3) is 0 Å². The summed E-state index contributed by atoms with van der Waals surface area (Å²) in [6, 6.07) is 24.6. The van der Waals surface area contributed by atoms with Crippen molar-refractivity contribution in [3.63, 3.8) is 0 Å². The van der Waals surface area contributed by atoms with E-state index < -0.39 is 0 Å². The number of halogens is 2. The molecule has 3 aromatic carbocycles. The zero-order valence-corrected chi connectivity index (χ0v) is 17.8. The van der Waals surface area contributed by atoms with Gasteiger partial charge in [0.15, 0.2) is 0 Å². The zero-order chi connectivity index (χ0) is 21.6. The molecule has 4 nitrogen and oxygen atoms in total. The molecule has 0 radical (unpaired) electrons. The second-order valence-electron chi connectivity index (χ2n) is 7.58. The second-order valence-corrected chi connectivity index (χ2v) is 7.99. The van der Waals surface area contributed by atoms with Crippen LogP contribution in [-0.2, 0) is 17.9 Å². The first-order chi connectivity index (χ1) is 15.1. The summed E-state index contributed by atoms with van der Waals surface area (Å²) in [4.78, 5) is 8.05. The number of rotatable bonds is 6. The Balaban J connectivity index is 1.61. The van der Waals surface area contributed by atoms with Crippen molar-refractivity contribution in [3.8, 4) is 6.07 Å². The van der Waals surface area contributed by atoms with Gasteiger partial charge in [-0.25, -0.2) is 4.39 Å². The van der Waals surface area contributed by atoms with Gasteiger partial charge in [0, 0.05) is 36.9 Å². The van der Waals surface area contributed by atoms with Crippen LogP contribution in [-0.4, -0.2) is 24.3 Å². The summed E-state index contributed by atoms with van der Waals surface area (Å²) < 4.78 is 14.5. The van der Waals surface area contributed by atoms with E-state index in [0.29, 0.717) is 42.4 Å². The van der Waals surface area contributed by atoms with E-state index >= 15 is 0 Å². The molecule has 0 spiro atoms. The Bertz CT molecular complexity index is 1070. The van der Waals surface area contributed by atoms with Crippen molar-refractivity contribution in [2.75, 3.05) is 18.1 Å². The quantitative estimate of drug-likeness (QED) is 0.508. The number of hydrogen-bond acceptors (Lipinski definition) is 4. The summed E-state index contributed by atoms with van der Waals surface area (Å²) in [5, 5.41) is 11.6. The maximum atomic E-state index is 14.5. The zero-order valence-electron chi connectivity index (χ0n) is 17.0. The highest BCUT2D eigenvalue weighted by Crippen LogP contribution is 2.29. The van der Waals surface area contributed by atoms with E-state index in [9.17, 15) is 9.65 Å². The van der Waals surface area contributed by atoms with E-state index in [2.05, 4.69) is 23.1 Å². The van der Waals surface area contributed by atoms with E-state index in [1.54, 1.807) is 24.3 Å². The Morgan fingerprint density at radius 2 is 1.87 bits per heavy atom. The monoisotopic (exact) mass is 435 g/mol. The summed E-state index contributed by atoms with van der Waals surface area (Å²) in [7, 11) is 0. The van der Waals surface area contributed by atoms with Crippen molar-refractivity contribution < 1.29 is 9.23 Å². The van der Waals surface area contributed by atoms with Crippen LogP contribution >= 0.6 is 11.6 Å². The normalized spacial score (nSPS) is 16.6. The molecular weight excluding hydrogens is 413 g/mol. The lowest BCUT2D eigenvalue weighted by atomic mass is 10.1. The molecule has 1 aliphatic heterocycles. The van der Waals surface area contributed by atoms with Gasteiger partial charge < -0.3 is 4.90 Å². The van der Waals surface area contributed by atoms with Gasteiger partial charge in [0.1, 0.15) is 11.9 Å². The molecule has 1 fully saturated rings. The third kappa shape index (κ3) is 5.23. The highest BCUT2D eigenvalue weighted by molar-refractivity contribution is 6.32. The van der Waals surface area contributed by atoms with Gasteiger partial charge in [0.05, 0.1) is 17.2 Å². The largest absolute Gasteiger partial charge is 0.363 e. The highest BCUT2D eigenvalue weighted by Gasteiger charge is 2.27. The van der Waals surface area contributed by atoms with Crippen molar-refractivity contribution in [3.05, 3.63) is 100 Å². The Morgan fingerprint density at radius 1 is 1.10 bits per heavy atom. The number of hydrogen-bond donors (Lipinski definition) is 0. The third-order valence-corrected chi connectivity index (χ3v) is 5.80. The molecule has 0 bridgehead atoms. The molecule has 1 atom stereocenters.